The fourth-order valence-corrected chi connectivity index (χ4v) is 3.50. The van der Waals surface area contributed by atoms with Crippen molar-refractivity contribution >= 4 is 5.91 Å². The maximum atomic E-state index is 12.5. The zero-order valence-corrected chi connectivity index (χ0v) is 16.3. The van der Waals surface area contributed by atoms with Crippen molar-refractivity contribution < 1.29 is 4.79 Å². The lowest BCUT2D eigenvalue weighted by atomic mass is 9.98. The molecule has 140 valence electrons. The van der Waals surface area contributed by atoms with E-state index in [0.717, 1.165) is 30.3 Å². The van der Waals surface area contributed by atoms with E-state index in [1.54, 1.807) is 4.68 Å². The number of carbonyl (C=O) groups excluding carboxylic acids is 1. The van der Waals surface area contributed by atoms with E-state index >= 15 is 0 Å². The van der Waals surface area contributed by atoms with Crippen LogP contribution in [0.15, 0.2) is 30.3 Å². The van der Waals surface area contributed by atoms with Crippen molar-refractivity contribution in [2.24, 2.45) is 13.0 Å². The van der Waals surface area contributed by atoms with Crippen molar-refractivity contribution in [1.29, 1.82) is 0 Å². The molecule has 2 aromatic rings. The van der Waals surface area contributed by atoms with E-state index in [9.17, 15) is 4.79 Å². The van der Waals surface area contributed by atoms with Gasteiger partial charge in [0, 0.05) is 19.6 Å². The number of hydrogen-bond donors (Lipinski definition) is 1. The number of rotatable bonds is 5. The van der Waals surface area contributed by atoms with E-state index in [-0.39, 0.29) is 5.91 Å². The van der Waals surface area contributed by atoms with Crippen molar-refractivity contribution in [3.8, 4) is 11.3 Å². The Morgan fingerprint density at radius 2 is 1.92 bits per heavy atom. The molecule has 1 aliphatic heterocycles. The molecule has 5 nitrogen and oxygen atoms in total. The fraction of sp³-hybridized carbons (Fsp3) is 0.524. The summed E-state index contributed by atoms with van der Waals surface area (Å²) in [5.41, 5.74) is 3.71. The van der Waals surface area contributed by atoms with Gasteiger partial charge < -0.3 is 5.32 Å². The molecule has 1 unspecified atom stereocenters. The van der Waals surface area contributed by atoms with Gasteiger partial charge in [-0.25, -0.2) is 0 Å². The lowest BCUT2D eigenvalue weighted by Gasteiger charge is -2.34. The van der Waals surface area contributed by atoms with E-state index < -0.39 is 0 Å². The molecule has 0 aliphatic carbocycles. The Balaban J connectivity index is 1.60. The molecule has 1 saturated heterocycles. The summed E-state index contributed by atoms with van der Waals surface area (Å²) >= 11 is 0. The highest BCUT2D eigenvalue weighted by Gasteiger charge is 2.21. The first-order valence-electron chi connectivity index (χ1n) is 9.57. The summed E-state index contributed by atoms with van der Waals surface area (Å²) in [6.07, 6.45) is 2.50. The van der Waals surface area contributed by atoms with Crippen LogP contribution in [-0.2, 0) is 7.05 Å². The number of nitrogens with zero attached hydrogens (tertiary/aromatic N) is 3. The minimum absolute atomic E-state index is 0.101. The van der Waals surface area contributed by atoms with Gasteiger partial charge in [0.1, 0.15) is 0 Å². The van der Waals surface area contributed by atoms with E-state index in [4.69, 9.17) is 0 Å². The topological polar surface area (TPSA) is 50.2 Å². The maximum Gasteiger partial charge on any atom is 0.271 e. The molecular formula is C21H30N4O. The van der Waals surface area contributed by atoms with Gasteiger partial charge in [-0.15, -0.1) is 0 Å². The second-order valence-electron chi connectivity index (χ2n) is 7.68. The first-order chi connectivity index (χ1) is 12.4. The SMILES string of the molecule is Cc1ccc(-c2cc(C(=O)NCC(C)N3CCC(C)CC3)nn2C)cc1. The summed E-state index contributed by atoms with van der Waals surface area (Å²) in [6, 6.07) is 10.5. The standard InChI is InChI=1S/C21H30N4O/c1-15-5-7-18(8-6-15)20-13-19(23-24(20)4)21(26)22-14-17(3)25-11-9-16(2)10-12-25/h5-8,13,16-17H,9-12,14H2,1-4H3,(H,22,26). The fourth-order valence-electron chi connectivity index (χ4n) is 3.50. The third kappa shape index (κ3) is 4.33. The summed E-state index contributed by atoms with van der Waals surface area (Å²) in [5, 5.41) is 7.45. The molecule has 1 fully saturated rings. The number of likely N-dealkylation sites (tertiary alicyclic amines) is 1. The molecule has 1 N–H and O–H groups in total. The second-order valence-corrected chi connectivity index (χ2v) is 7.68. The summed E-state index contributed by atoms with van der Waals surface area (Å²) in [6.45, 7) is 9.47. The Bertz CT molecular complexity index is 742. The highest BCUT2D eigenvalue weighted by molar-refractivity contribution is 5.93. The number of amides is 1. The van der Waals surface area contributed by atoms with Gasteiger partial charge in [-0.2, -0.15) is 5.10 Å². The molecule has 1 aromatic carbocycles. The lowest BCUT2D eigenvalue weighted by Crippen LogP contribution is -2.45. The number of aryl methyl sites for hydroxylation is 2. The Hall–Kier alpha value is -2.14. The van der Waals surface area contributed by atoms with Gasteiger partial charge in [0.25, 0.3) is 5.91 Å². The zero-order valence-electron chi connectivity index (χ0n) is 16.3. The van der Waals surface area contributed by atoms with Crippen LogP contribution in [0.25, 0.3) is 11.3 Å². The molecule has 2 heterocycles. The van der Waals surface area contributed by atoms with Crippen LogP contribution in [0.1, 0.15) is 42.7 Å². The Morgan fingerprint density at radius 3 is 2.58 bits per heavy atom. The van der Waals surface area contributed by atoms with Gasteiger partial charge in [0.15, 0.2) is 5.69 Å². The molecule has 0 spiro atoms. The third-order valence-corrected chi connectivity index (χ3v) is 5.46. The summed E-state index contributed by atoms with van der Waals surface area (Å²) in [5.74, 6) is 0.720. The number of hydrogen-bond acceptors (Lipinski definition) is 3. The van der Waals surface area contributed by atoms with Gasteiger partial charge in [-0.05, 0) is 57.3 Å². The van der Waals surface area contributed by atoms with Crippen molar-refractivity contribution in [3.63, 3.8) is 0 Å². The molecule has 1 atom stereocenters. The van der Waals surface area contributed by atoms with Crippen LogP contribution in [0.2, 0.25) is 0 Å². The van der Waals surface area contributed by atoms with E-state index in [1.807, 2.05) is 13.1 Å². The van der Waals surface area contributed by atoms with Crippen LogP contribution < -0.4 is 5.32 Å². The summed E-state index contributed by atoms with van der Waals surface area (Å²) in [7, 11) is 1.88. The Morgan fingerprint density at radius 1 is 1.27 bits per heavy atom. The summed E-state index contributed by atoms with van der Waals surface area (Å²) in [4.78, 5) is 15.0. The molecule has 26 heavy (non-hydrogen) atoms. The lowest BCUT2D eigenvalue weighted by molar-refractivity contribution is 0.0916. The van der Waals surface area contributed by atoms with Gasteiger partial charge in [0.2, 0.25) is 0 Å². The van der Waals surface area contributed by atoms with Crippen molar-refractivity contribution in [3.05, 3.63) is 41.6 Å². The van der Waals surface area contributed by atoms with Gasteiger partial charge in [-0.1, -0.05) is 36.8 Å². The molecule has 1 amide bonds. The first kappa shape index (κ1) is 18.6. The number of carbonyl (C=O) groups is 1. The Labute approximate surface area is 156 Å². The van der Waals surface area contributed by atoms with E-state index in [0.29, 0.717) is 18.3 Å². The highest BCUT2D eigenvalue weighted by Crippen LogP contribution is 2.21. The van der Waals surface area contributed by atoms with Gasteiger partial charge >= 0.3 is 0 Å². The number of nitrogens with one attached hydrogen (secondary N) is 1. The Kier molecular flexibility index (Phi) is 5.77. The van der Waals surface area contributed by atoms with Crippen LogP contribution in [0, 0.1) is 12.8 Å². The van der Waals surface area contributed by atoms with Gasteiger partial charge in [0.05, 0.1) is 5.69 Å². The monoisotopic (exact) mass is 354 g/mol. The predicted molar refractivity (Wildman–Crippen MR) is 105 cm³/mol. The normalized spacial score (nSPS) is 17.2. The number of piperidine rings is 1. The quantitative estimate of drug-likeness (QED) is 0.897. The minimum atomic E-state index is -0.101. The smallest absolute Gasteiger partial charge is 0.271 e. The van der Waals surface area contributed by atoms with Crippen LogP contribution in [0.3, 0.4) is 0 Å². The van der Waals surface area contributed by atoms with Crippen LogP contribution in [-0.4, -0.2) is 46.3 Å². The van der Waals surface area contributed by atoms with Crippen LogP contribution >= 0.6 is 0 Å². The van der Waals surface area contributed by atoms with E-state index in [1.165, 1.54) is 18.4 Å². The average Bonchev–Trinajstić information content (AvgIpc) is 3.02. The minimum Gasteiger partial charge on any atom is -0.349 e. The largest absolute Gasteiger partial charge is 0.349 e. The molecule has 0 radical (unpaired) electrons. The maximum absolute atomic E-state index is 12.5. The molecule has 1 aliphatic rings. The number of benzene rings is 1. The van der Waals surface area contributed by atoms with Crippen molar-refractivity contribution in [2.45, 2.75) is 39.7 Å². The van der Waals surface area contributed by atoms with Crippen LogP contribution in [0.4, 0.5) is 0 Å². The molecule has 0 saturated carbocycles. The average molecular weight is 354 g/mol. The van der Waals surface area contributed by atoms with Crippen LogP contribution in [0.5, 0.6) is 0 Å². The van der Waals surface area contributed by atoms with Crippen molar-refractivity contribution in [2.75, 3.05) is 19.6 Å². The summed E-state index contributed by atoms with van der Waals surface area (Å²) < 4.78 is 1.77. The molecule has 5 heteroatoms. The molecule has 0 bridgehead atoms. The number of aromatic nitrogens is 2. The third-order valence-electron chi connectivity index (χ3n) is 5.46. The van der Waals surface area contributed by atoms with E-state index in [2.05, 4.69) is 60.4 Å². The highest BCUT2D eigenvalue weighted by atomic mass is 16.1. The first-order valence-corrected chi connectivity index (χ1v) is 9.57. The molecule has 1 aromatic heterocycles. The van der Waals surface area contributed by atoms with Crippen molar-refractivity contribution in [1.82, 2.24) is 20.0 Å². The van der Waals surface area contributed by atoms with Gasteiger partial charge in [-0.3, -0.25) is 14.4 Å². The predicted octanol–water partition coefficient (Wildman–Crippen LogP) is 3.25. The molecule has 3 rings (SSSR count). The molecular weight excluding hydrogens is 324 g/mol. The second kappa shape index (κ2) is 8.04. The zero-order chi connectivity index (χ0) is 18.7.